The highest BCUT2D eigenvalue weighted by atomic mass is 79.9. The Hall–Kier alpha value is -0.455. The van der Waals surface area contributed by atoms with Crippen LogP contribution in [0.15, 0.2) is 4.47 Å². The van der Waals surface area contributed by atoms with Crippen LogP contribution in [0.1, 0.15) is 11.4 Å². The highest BCUT2D eigenvalue weighted by Gasteiger charge is 2.26. The van der Waals surface area contributed by atoms with E-state index in [9.17, 15) is 12.9 Å². The lowest BCUT2D eigenvalue weighted by Gasteiger charge is -2.13. The molecule has 1 aromatic rings. The van der Waals surface area contributed by atoms with Crippen molar-refractivity contribution < 1.29 is 12.9 Å². The first kappa shape index (κ1) is 10.6. The predicted octanol–water partition coefficient (Wildman–Crippen LogP) is 2.42. The number of aryl methyl sites for hydroxylation is 2. The van der Waals surface area contributed by atoms with E-state index in [4.69, 9.17) is 0 Å². The molecule has 0 aliphatic heterocycles. The van der Waals surface area contributed by atoms with Crippen LogP contribution in [0, 0.1) is 6.92 Å². The van der Waals surface area contributed by atoms with Crippen molar-refractivity contribution in [2.24, 2.45) is 7.05 Å². The average molecular weight is 256 g/mol. The zero-order valence-electron chi connectivity index (χ0n) is 7.19. The summed E-state index contributed by atoms with van der Waals surface area (Å²) >= 11 is 3.08. The summed E-state index contributed by atoms with van der Waals surface area (Å²) in [5.41, 5.74) is 0.766. The molecule has 0 atom stereocenters. The van der Waals surface area contributed by atoms with E-state index in [2.05, 4.69) is 21.0 Å². The van der Waals surface area contributed by atoms with Gasteiger partial charge in [0.05, 0.1) is 10.2 Å². The van der Waals surface area contributed by atoms with E-state index < -0.39 is 13.3 Å². The summed E-state index contributed by atoms with van der Waals surface area (Å²) in [6.07, 6.45) is -0.891. The van der Waals surface area contributed by atoms with E-state index in [-0.39, 0.29) is 5.69 Å². The summed E-state index contributed by atoms with van der Waals surface area (Å²) in [5, 5.41) is 3.87. The zero-order chi connectivity index (χ0) is 10.2. The summed E-state index contributed by atoms with van der Waals surface area (Å²) < 4.78 is 38.0. The van der Waals surface area contributed by atoms with Crippen molar-refractivity contribution in [3.8, 4) is 0 Å². The maximum atomic E-state index is 12.1. The third-order valence-corrected chi connectivity index (χ3v) is 2.72. The van der Waals surface area contributed by atoms with Gasteiger partial charge in [0.25, 0.3) is 0 Å². The molecule has 74 valence electrons. The van der Waals surface area contributed by atoms with Crippen molar-refractivity contribution in [3.63, 3.8) is 0 Å². The molecule has 1 heterocycles. The van der Waals surface area contributed by atoms with Crippen LogP contribution in [0.5, 0.6) is 0 Å². The van der Waals surface area contributed by atoms with Crippen molar-refractivity contribution >= 4 is 22.9 Å². The molecule has 0 N–H and O–H groups in total. The Kier molecular flexibility index (Phi) is 2.75. The number of rotatable bonds is 2. The van der Waals surface area contributed by atoms with Crippen LogP contribution in [0.2, 0.25) is 0 Å². The van der Waals surface area contributed by atoms with Crippen molar-refractivity contribution in [2.45, 2.75) is 13.2 Å². The molecule has 0 fully saturated rings. The van der Waals surface area contributed by atoms with Gasteiger partial charge in [-0.15, -0.1) is 0 Å². The van der Waals surface area contributed by atoms with Gasteiger partial charge in [0.15, 0.2) is 0 Å². The third-order valence-electron chi connectivity index (χ3n) is 1.69. The van der Waals surface area contributed by atoms with E-state index in [1.54, 1.807) is 6.92 Å². The number of halogens is 4. The Morgan fingerprint density at radius 3 is 2.31 bits per heavy atom. The SMILES string of the molecule is Cc1nn(C)c(C[B-](F)(F)F)c1Br. The molecule has 2 nitrogen and oxygen atoms in total. The maximum absolute atomic E-state index is 12.1. The number of hydrogen-bond acceptors (Lipinski definition) is 1. The Labute approximate surface area is 82.3 Å². The topological polar surface area (TPSA) is 17.8 Å². The molecule has 0 saturated carbocycles. The summed E-state index contributed by atoms with van der Waals surface area (Å²) in [4.78, 5) is 0. The van der Waals surface area contributed by atoms with Crippen LogP contribution in [0.4, 0.5) is 12.9 Å². The summed E-state index contributed by atoms with van der Waals surface area (Å²) in [6, 6.07) is 0. The van der Waals surface area contributed by atoms with Gasteiger partial charge in [-0.3, -0.25) is 4.68 Å². The van der Waals surface area contributed by atoms with Gasteiger partial charge in [0.2, 0.25) is 0 Å². The molecule has 0 aromatic carbocycles. The monoisotopic (exact) mass is 255 g/mol. The van der Waals surface area contributed by atoms with E-state index in [0.717, 1.165) is 0 Å². The average Bonchev–Trinajstić information content (AvgIpc) is 2.14. The molecule has 0 spiro atoms. The van der Waals surface area contributed by atoms with Crippen LogP contribution in [-0.2, 0) is 13.4 Å². The molecule has 1 rings (SSSR count). The van der Waals surface area contributed by atoms with Gasteiger partial charge in [-0.2, -0.15) is 5.10 Å². The van der Waals surface area contributed by atoms with Gasteiger partial charge in [-0.05, 0) is 29.2 Å². The predicted molar refractivity (Wildman–Crippen MR) is 48.4 cm³/mol. The second kappa shape index (κ2) is 3.36. The standard InChI is InChI=1S/C6H8BBrF3N2/c1-4-6(8)5(13(2)12-4)3-7(9,10)11/h3H2,1-2H3/q-1. The van der Waals surface area contributed by atoms with Gasteiger partial charge in [0.1, 0.15) is 0 Å². The molecule has 0 aliphatic carbocycles. The molecule has 0 amide bonds. The molecular weight excluding hydrogens is 248 g/mol. The first-order valence-corrected chi connectivity index (χ1v) is 4.49. The van der Waals surface area contributed by atoms with Crippen molar-refractivity contribution in [1.82, 2.24) is 9.78 Å². The third kappa shape index (κ3) is 2.49. The Bertz CT molecular complexity index is 320. The first-order chi connectivity index (χ1) is 5.81. The van der Waals surface area contributed by atoms with Crippen molar-refractivity contribution in [2.75, 3.05) is 0 Å². The second-order valence-electron chi connectivity index (χ2n) is 2.88. The molecule has 0 aliphatic rings. The number of hydrogen-bond donors (Lipinski definition) is 0. The van der Waals surface area contributed by atoms with E-state index in [0.29, 0.717) is 10.2 Å². The van der Waals surface area contributed by atoms with Gasteiger partial charge >= 0.3 is 6.98 Å². The highest BCUT2D eigenvalue weighted by molar-refractivity contribution is 9.10. The fraction of sp³-hybridized carbons (Fsp3) is 0.500. The normalized spacial score (nSPS) is 12.2. The minimum atomic E-state index is -4.80. The zero-order valence-corrected chi connectivity index (χ0v) is 8.78. The summed E-state index contributed by atoms with van der Waals surface area (Å²) in [5.74, 6) is 0. The number of nitrogens with zero attached hydrogens (tertiary/aromatic N) is 2. The number of aromatic nitrogens is 2. The minimum Gasteiger partial charge on any atom is -0.449 e. The molecule has 13 heavy (non-hydrogen) atoms. The lowest BCUT2D eigenvalue weighted by atomic mass is 9.84. The first-order valence-electron chi connectivity index (χ1n) is 3.70. The van der Waals surface area contributed by atoms with Gasteiger partial charge in [-0.1, -0.05) is 0 Å². The van der Waals surface area contributed by atoms with Crippen molar-refractivity contribution in [3.05, 3.63) is 15.9 Å². The van der Waals surface area contributed by atoms with Crippen LogP contribution in [0.25, 0.3) is 0 Å². The van der Waals surface area contributed by atoms with Crippen LogP contribution in [0.3, 0.4) is 0 Å². The fourth-order valence-corrected chi connectivity index (χ4v) is 1.62. The second-order valence-corrected chi connectivity index (χ2v) is 3.68. The van der Waals surface area contributed by atoms with Crippen LogP contribution in [-0.4, -0.2) is 16.8 Å². The maximum Gasteiger partial charge on any atom is 0.484 e. The van der Waals surface area contributed by atoms with Crippen molar-refractivity contribution in [1.29, 1.82) is 0 Å². The quantitative estimate of drug-likeness (QED) is 0.743. The van der Waals surface area contributed by atoms with Gasteiger partial charge < -0.3 is 12.9 Å². The largest absolute Gasteiger partial charge is 0.484 e. The molecule has 0 radical (unpaired) electrons. The lowest BCUT2D eigenvalue weighted by molar-refractivity contribution is 0.463. The molecule has 0 saturated heterocycles. The Morgan fingerprint density at radius 2 is 2.00 bits per heavy atom. The highest BCUT2D eigenvalue weighted by Crippen LogP contribution is 2.25. The molecule has 1 aromatic heterocycles. The van der Waals surface area contributed by atoms with E-state index in [1.165, 1.54) is 11.7 Å². The fourth-order valence-electron chi connectivity index (χ4n) is 1.12. The summed E-state index contributed by atoms with van der Waals surface area (Å²) in [6.45, 7) is -3.13. The van der Waals surface area contributed by atoms with Crippen LogP contribution >= 0.6 is 15.9 Å². The minimum absolute atomic E-state index is 0.185. The molecule has 0 bridgehead atoms. The van der Waals surface area contributed by atoms with Gasteiger partial charge in [-0.25, -0.2) is 0 Å². The molecule has 0 unspecified atom stereocenters. The van der Waals surface area contributed by atoms with E-state index >= 15 is 0 Å². The lowest BCUT2D eigenvalue weighted by Crippen LogP contribution is -2.21. The summed E-state index contributed by atoms with van der Waals surface area (Å²) in [7, 11) is 1.51. The molecule has 7 heteroatoms. The molecular formula is C6H8BBrF3N2-. The Balaban J connectivity index is 3.01. The van der Waals surface area contributed by atoms with Crippen LogP contribution < -0.4 is 0 Å². The smallest absolute Gasteiger partial charge is 0.449 e. The van der Waals surface area contributed by atoms with E-state index in [1.807, 2.05) is 0 Å². The Morgan fingerprint density at radius 1 is 1.46 bits per heavy atom. The van der Waals surface area contributed by atoms with Gasteiger partial charge in [0, 0.05) is 12.7 Å².